The van der Waals surface area contributed by atoms with Crippen molar-refractivity contribution in [1.29, 1.82) is 0 Å². The lowest BCUT2D eigenvalue weighted by Gasteiger charge is -2.07. The minimum atomic E-state index is -0.752. The Bertz CT molecular complexity index is 612. The molecule has 0 unspecified atom stereocenters. The van der Waals surface area contributed by atoms with Crippen LogP contribution in [0.2, 0.25) is 0 Å². The largest absolute Gasteiger partial charge is 0.485 e. The molecule has 0 N–H and O–H groups in total. The molecule has 0 heterocycles. The molecule has 20 heavy (non-hydrogen) atoms. The van der Waals surface area contributed by atoms with Gasteiger partial charge in [-0.1, -0.05) is 0 Å². The maximum atomic E-state index is 13.4. The van der Waals surface area contributed by atoms with E-state index in [1.807, 2.05) is 18.4 Å². The number of Topliss-reactive ketones (excluding diaryl/α,β-unsaturated/α-hetero) is 1. The zero-order valence-corrected chi connectivity index (χ0v) is 11.5. The highest BCUT2D eigenvalue weighted by molar-refractivity contribution is 7.98. The second-order valence-corrected chi connectivity index (χ2v) is 4.89. The fourth-order valence-corrected chi connectivity index (χ4v) is 2.02. The summed E-state index contributed by atoms with van der Waals surface area (Å²) in [6, 6.07) is 9.92. The van der Waals surface area contributed by atoms with Crippen LogP contribution in [0.3, 0.4) is 0 Å². The molecule has 2 aromatic rings. The summed E-state index contributed by atoms with van der Waals surface area (Å²) in [4.78, 5) is 12.8. The summed E-state index contributed by atoms with van der Waals surface area (Å²) >= 11 is 1.59. The van der Waals surface area contributed by atoms with E-state index in [4.69, 9.17) is 4.74 Å². The van der Waals surface area contributed by atoms with Gasteiger partial charge < -0.3 is 4.74 Å². The van der Waals surface area contributed by atoms with Crippen LogP contribution in [0.5, 0.6) is 5.75 Å². The molecule has 0 bridgehead atoms. The fraction of sp³-hybridized carbons (Fsp3) is 0.133. The third-order valence-corrected chi connectivity index (χ3v) is 3.40. The number of rotatable bonds is 5. The molecule has 0 aliphatic heterocycles. The molecule has 5 heteroatoms. The molecule has 0 spiro atoms. The minimum absolute atomic E-state index is 0.300. The van der Waals surface area contributed by atoms with Gasteiger partial charge in [-0.2, -0.15) is 0 Å². The first-order valence-corrected chi connectivity index (χ1v) is 7.07. The third kappa shape index (κ3) is 3.57. The minimum Gasteiger partial charge on any atom is -0.485 e. The Morgan fingerprint density at radius 1 is 1.15 bits per heavy atom. The lowest BCUT2D eigenvalue weighted by molar-refractivity contribution is 0.0917. The van der Waals surface area contributed by atoms with Crippen LogP contribution in [-0.2, 0) is 0 Å². The van der Waals surface area contributed by atoms with Gasteiger partial charge in [-0.05, 0) is 48.7 Å². The Morgan fingerprint density at radius 3 is 2.50 bits per heavy atom. The van der Waals surface area contributed by atoms with Crippen molar-refractivity contribution in [2.24, 2.45) is 0 Å². The molecule has 0 amide bonds. The highest BCUT2D eigenvalue weighted by Crippen LogP contribution is 2.19. The zero-order chi connectivity index (χ0) is 14.5. The summed E-state index contributed by atoms with van der Waals surface area (Å²) in [6.07, 6.45) is 1.95. The van der Waals surface area contributed by atoms with Crippen molar-refractivity contribution in [3.8, 4) is 5.75 Å². The standard InChI is InChI=1S/C15H12F2O2S/c1-20-12-5-3-11(4-6-12)19-9-15(18)13-8-10(16)2-7-14(13)17/h2-8H,9H2,1H3. The van der Waals surface area contributed by atoms with Crippen molar-refractivity contribution < 1.29 is 18.3 Å². The highest BCUT2D eigenvalue weighted by Gasteiger charge is 2.13. The molecule has 0 aliphatic carbocycles. The Morgan fingerprint density at radius 2 is 1.85 bits per heavy atom. The second-order valence-electron chi connectivity index (χ2n) is 4.01. The summed E-state index contributed by atoms with van der Waals surface area (Å²) < 4.78 is 31.7. The second kappa shape index (κ2) is 6.52. The van der Waals surface area contributed by atoms with Crippen molar-refractivity contribution in [2.75, 3.05) is 12.9 Å². The molecular formula is C15H12F2O2S. The van der Waals surface area contributed by atoms with E-state index in [1.165, 1.54) is 0 Å². The van der Waals surface area contributed by atoms with Crippen molar-refractivity contribution in [3.63, 3.8) is 0 Å². The van der Waals surface area contributed by atoms with E-state index >= 15 is 0 Å². The van der Waals surface area contributed by atoms with E-state index in [0.29, 0.717) is 5.75 Å². The third-order valence-electron chi connectivity index (χ3n) is 2.66. The van der Waals surface area contributed by atoms with Gasteiger partial charge in [-0.15, -0.1) is 11.8 Å². The summed E-state index contributed by atoms with van der Waals surface area (Å²) in [5.74, 6) is -1.50. The van der Waals surface area contributed by atoms with Crippen LogP contribution in [0, 0.1) is 11.6 Å². The molecule has 0 aliphatic rings. The predicted molar refractivity (Wildman–Crippen MR) is 74.4 cm³/mol. The van der Waals surface area contributed by atoms with Gasteiger partial charge in [-0.3, -0.25) is 4.79 Å². The summed E-state index contributed by atoms with van der Waals surface area (Å²) in [5, 5.41) is 0. The number of carbonyl (C=O) groups excluding carboxylic acids is 1. The average molecular weight is 294 g/mol. The van der Waals surface area contributed by atoms with Gasteiger partial charge in [0.2, 0.25) is 5.78 Å². The number of ketones is 1. The van der Waals surface area contributed by atoms with E-state index in [9.17, 15) is 13.6 Å². The van der Waals surface area contributed by atoms with E-state index < -0.39 is 17.4 Å². The van der Waals surface area contributed by atoms with Crippen molar-refractivity contribution in [3.05, 3.63) is 59.7 Å². The van der Waals surface area contributed by atoms with Crippen LogP contribution in [0.1, 0.15) is 10.4 Å². The lowest BCUT2D eigenvalue weighted by Crippen LogP contribution is -2.13. The van der Waals surface area contributed by atoms with Gasteiger partial charge in [0.25, 0.3) is 0 Å². The number of ether oxygens (including phenoxy) is 1. The summed E-state index contributed by atoms with van der Waals surface area (Å²) in [7, 11) is 0. The number of carbonyl (C=O) groups is 1. The Labute approximate surface area is 119 Å². The molecule has 2 nitrogen and oxygen atoms in total. The smallest absolute Gasteiger partial charge is 0.203 e. The van der Waals surface area contributed by atoms with Gasteiger partial charge >= 0.3 is 0 Å². The number of benzene rings is 2. The molecular weight excluding hydrogens is 282 g/mol. The summed E-state index contributed by atoms with van der Waals surface area (Å²) in [5.41, 5.74) is -0.300. The zero-order valence-electron chi connectivity index (χ0n) is 10.7. The van der Waals surface area contributed by atoms with Gasteiger partial charge in [0, 0.05) is 4.90 Å². The van der Waals surface area contributed by atoms with Crippen LogP contribution in [0.4, 0.5) is 8.78 Å². The molecule has 2 aromatic carbocycles. The van der Waals surface area contributed by atoms with E-state index in [0.717, 1.165) is 23.1 Å². The van der Waals surface area contributed by atoms with Gasteiger partial charge in [-0.25, -0.2) is 8.78 Å². The predicted octanol–water partition coefficient (Wildman–Crippen LogP) is 3.95. The van der Waals surface area contributed by atoms with E-state index in [2.05, 4.69) is 0 Å². The van der Waals surface area contributed by atoms with E-state index in [-0.39, 0.29) is 12.2 Å². The fourth-order valence-electron chi connectivity index (χ4n) is 1.61. The SMILES string of the molecule is CSc1ccc(OCC(=O)c2cc(F)ccc2F)cc1. The molecule has 104 valence electrons. The summed E-state index contributed by atoms with van der Waals surface area (Å²) in [6.45, 7) is -0.334. The highest BCUT2D eigenvalue weighted by atomic mass is 32.2. The quantitative estimate of drug-likeness (QED) is 0.617. The maximum absolute atomic E-state index is 13.4. The van der Waals surface area contributed by atoms with Crippen molar-refractivity contribution >= 4 is 17.5 Å². The molecule has 0 saturated carbocycles. The van der Waals surface area contributed by atoms with Crippen LogP contribution in [-0.4, -0.2) is 18.6 Å². The normalized spacial score (nSPS) is 10.3. The molecule has 0 aromatic heterocycles. The Balaban J connectivity index is 2.02. The molecule has 2 rings (SSSR count). The Kier molecular flexibility index (Phi) is 4.74. The topological polar surface area (TPSA) is 26.3 Å². The van der Waals surface area contributed by atoms with Crippen molar-refractivity contribution in [1.82, 2.24) is 0 Å². The molecule has 0 fully saturated rings. The molecule has 0 radical (unpaired) electrons. The average Bonchev–Trinajstić information content (AvgIpc) is 2.47. The number of halogens is 2. The number of hydrogen-bond donors (Lipinski definition) is 0. The van der Waals surface area contributed by atoms with Gasteiger partial charge in [0.05, 0.1) is 5.56 Å². The first-order valence-electron chi connectivity index (χ1n) is 5.85. The van der Waals surface area contributed by atoms with Crippen LogP contribution >= 0.6 is 11.8 Å². The molecule has 0 atom stereocenters. The van der Waals surface area contributed by atoms with Crippen LogP contribution in [0.25, 0.3) is 0 Å². The Hall–Kier alpha value is -1.88. The van der Waals surface area contributed by atoms with Crippen LogP contribution in [0.15, 0.2) is 47.4 Å². The first-order chi connectivity index (χ1) is 9.60. The van der Waals surface area contributed by atoms with Crippen molar-refractivity contribution in [2.45, 2.75) is 4.90 Å². The monoisotopic (exact) mass is 294 g/mol. The van der Waals surface area contributed by atoms with E-state index in [1.54, 1.807) is 23.9 Å². The van der Waals surface area contributed by atoms with Gasteiger partial charge in [0.15, 0.2) is 6.61 Å². The maximum Gasteiger partial charge on any atom is 0.203 e. The first kappa shape index (κ1) is 14.5. The van der Waals surface area contributed by atoms with Gasteiger partial charge in [0.1, 0.15) is 17.4 Å². The number of thioether (sulfide) groups is 1. The molecule has 0 saturated heterocycles. The number of hydrogen-bond acceptors (Lipinski definition) is 3. The lowest BCUT2D eigenvalue weighted by atomic mass is 10.1. The van der Waals surface area contributed by atoms with Crippen LogP contribution < -0.4 is 4.74 Å².